The summed E-state index contributed by atoms with van der Waals surface area (Å²) < 4.78 is 18.2. The zero-order valence-corrected chi connectivity index (χ0v) is 15.8. The Balaban J connectivity index is 1.47. The number of aryl methyl sites for hydroxylation is 1. The Hall–Kier alpha value is -2.54. The molecule has 0 N–H and O–H groups in total. The topological polar surface area (TPSA) is 51.8 Å². The van der Waals surface area contributed by atoms with Crippen molar-refractivity contribution >= 4 is 0 Å². The number of imidazole rings is 1. The predicted octanol–water partition coefficient (Wildman–Crippen LogP) is 2.89. The van der Waals surface area contributed by atoms with Gasteiger partial charge in [0.2, 0.25) is 0 Å². The van der Waals surface area contributed by atoms with Crippen LogP contribution >= 0.6 is 0 Å². The molecule has 4 rings (SSSR count). The summed E-state index contributed by atoms with van der Waals surface area (Å²) in [6.07, 6.45) is 5.93. The second kappa shape index (κ2) is 7.60. The highest BCUT2D eigenvalue weighted by Crippen LogP contribution is 2.27. The fraction of sp³-hybridized carbons (Fsp3) is 0.450. The molecule has 3 heterocycles. The van der Waals surface area contributed by atoms with Gasteiger partial charge >= 0.3 is 0 Å². The van der Waals surface area contributed by atoms with Gasteiger partial charge in [-0.2, -0.15) is 0 Å². The monoisotopic (exact) mass is 368 g/mol. The van der Waals surface area contributed by atoms with Crippen LogP contribution in [0.4, 0.5) is 4.39 Å². The lowest BCUT2D eigenvalue weighted by molar-refractivity contribution is 0.193. The lowest BCUT2D eigenvalue weighted by Gasteiger charge is -2.32. The predicted molar refractivity (Wildman–Crippen MR) is 101 cm³/mol. The highest BCUT2D eigenvalue weighted by Gasteiger charge is 2.26. The van der Waals surface area contributed by atoms with Crippen LogP contribution in [0, 0.1) is 12.7 Å². The maximum Gasteiger partial charge on any atom is 0.152 e. The highest BCUT2D eigenvalue weighted by atomic mass is 19.1. The summed E-state index contributed by atoms with van der Waals surface area (Å²) in [5, 5.41) is 8.90. The number of halogens is 1. The molecule has 7 heteroatoms. The third-order valence-corrected chi connectivity index (χ3v) is 5.46. The van der Waals surface area contributed by atoms with Gasteiger partial charge in [0.05, 0.1) is 6.54 Å². The summed E-state index contributed by atoms with van der Waals surface area (Å²) in [6, 6.07) is 7.03. The minimum atomic E-state index is -0.128. The van der Waals surface area contributed by atoms with E-state index in [0.29, 0.717) is 19.0 Å². The number of benzene rings is 1. The Labute approximate surface area is 158 Å². The van der Waals surface area contributed by atoms with E-state index in [1.165, 1.54) is 6.07 Å². The molecule has 27 heavy (non-hydrogen) atoms. The molecule has 0 amide bonds. The molecule has 0 bridgehead atoms. The van der Waals surface area contributed by atoms with Gasteiger partial charge in [-0.1, -0.05) is 18.2 Å². The number of nitrogens with zero attached hydrogens (tertiary/aromatic N) is 6. The molecule has 1 saturated heterocycles. The van der Waals surface area contributed by atoms with Crippen molar-refractivity contribution in [3.05, 3.63) is 65.5 Å². The van der Waals surface area contributed by atoms with E-state index in [9.17, 15) is 4.39 Å². The average Bonchev–Trinajstić information content (AvgIpc) is 3.24. The average molecular weight is 368 g/mol. The first-order valence-electron chi connectivity index (χ1n) is 9.43. The molecule has 6 nitrogen and oxygen atoms in total. The minimum absolute atomic E-state index is 0.128. The van der Waals surface area contributed by atoms with E-state index >= 15 is 0 Å². The lowest BCUT2D eigenvalue weighted by atomic mass is 9.96. The largest absolute Gasteiger partial charge is 0.328 e. The zero-order valence-electron chi connectivity index (χ0n) is 15.8. The van der Waals surface area contributed by atoms with Crippen LogP contribution in [0.15, 0.2) is 36.7 Å². The van der Waals surface area contributed by atoms with Crippen molar-refractivity contribution < 1.29 is 4.39 Å². The molecular weight excluding hydrogens is 343 g/mol. The van der Waals surface area contributed by atoms with Crippen molar-refractivity contribution in [2.45, 2.75) is 38.8 Å². The number of likely N-dealkylation sites (tertiary alicyclic amines) is 1. The molecule has 0 aliphatic carbocycles. The van der Waals surface area contributed by atoms with Crippen LogP contribution in [0.5, 0.6) is 0 Å². The van der Waals surface area contributed by atoms with E-state index in [1.54, 1.807) is 12.3 Å². The van der Waals surface area contributed by atoms with Gasteiger partial charge in [-0.25, -0.2) is 9.37 Å². The van der Waals surface area contributed by atoms with Crippen LogP contribution in [0.1, 0.15) is 41.8 Å². The standard InChI is InChI=1S/C20H25FN6/c1-15-22-9-11-27(15)14-19-23-24-20(25(19)2)17-7-5-10-26(13-17)12-16-6-3-4-8-18(16)21/h3-4,6,8-9,11,17H,5,7,10,12-14H2,1-2H3/t17-/m1/s1. The van der Waals surface area contributed by atoms with Crippen LogP contribution < -0.4 is 0 Å². The molecule has 2 aromatic heterocycles. The third-order valence-electron chi connectivity index (χ3n) is 5.46. The van der Waals surface area contributed by atoms with Crippen LogP contribution in [0.2, 0.25) is 0 Å². The molecule has 3 aromatic rings. The zero-order chi connectivity index (χ0) is 18.8. The quantitative estimate of drug-likeness (QED) is 0.695. The maximum absolute atomic E-state index is 14.0. The van der Waals surface area contributed by atoms with Gasteiger partial charge in [0.1, 0.15) is 17.5 Å². The van der Waals surface area contributed by atoms with Crippen LogP contribution in [0.25, 0.3) is 0 Å². The Morgan fingerprint density at radius 2 is 2.04 bits per heavy atom. The molecular formula is C20H25FN6. The molecule has 0 radical (unpaired) electrons. The van der Waals surface area contributed by atoms with Gasteiger partial charge in [-0.3, -0.25) is 4.90 Å². The molecule has 1 aliphatic rings. The van der Waals surface area contributed by atoms with Crippen molar-refractivity contribution in [2.75, 3.05) is 13.1 Å². The molecule has 1 aromatic carbocycles. The van der Waals surface area contributed by atoms with Crippen molar-refractivity contribution in [1.82, 2.24) is 29.2 Å². The van der Waals surface area contributed by atoms with Crippen LogP contribution in [-0.2, 0) is 20.1 Å². The number of hydrogen-bond acceptors (Lipinski definition) is 4. The Kier molecular flexibility index (Phi) is 5.03. The molecule has 1 atom stereocenters. The van der Waals surface area contributed by atoms with Crippen molar-refractivity contribution in [1.29, 1.82) is 0 Å². The van der Waals surface area contributed by atoms with Gasteiger partial charge < -0.3 is 9.13 Å². The van der Waals surface area contributed by atoms with Crippen molar-refractivity contribution in [3.8, 4) is 0 Å². The fourth-order valence-electron chi connectivity index (χ4n) is 3.87. The SMILES string of the molecule is Cc1nccn1Cc1nnc([C@@H]2CCCN(Cc3ccccc3F)C2)n1C. The lowest BCUT2D eigenvalue weighted by Crippen LogP contribution is -2.35. The van der Waals surface area contributed by atoms with E-state index in [2.05, 4.69) is 29.2 Å². The number of aromatic nitrogens is 5. The molecule has 0 saturated carbocycles. The van der Waals surface area contributed by atoms with Gasteiger partial charge in [-0.15, -0.1) is 10.2 Å². The first-order valence-corrected chi connectivity index (χ1v) is 9.43. The van der Waals surface area contributed by atoms with Gasteiger partial charge in [0, 0.05) is 44.0 Å². The molecule has 1 fully saturated rings. The smallest absolute Gasteiger partial charge is 0.152 e. The molecule has 1 aliphatic heterocycles. The summed E-state index contributed by atoms with van der Waals surface area (Å²) in [6.45, 7) is 5.16. The van der Waals surface area contributed by atoms with Gasteiger partial charge in [0.25, 0.3) is 0 Å². The van der Waals surface area contributed by atoms with Crippen LogP contribution in [-0.4, -0.2) is 42.3 Å². The van der Waals surface area contributed by atoms with E-state index in [-0.39, 0.29) is 5.82 Å². The summed E-state index contributed by atoms with van der Waals surface area (Å²) in [5.41, 5.74) is 0.757. The number of piperidine rings is 1. The van der Waals surface area contributed by atoms with E-state index < -0.39 is 0 Å². The highest BCUT2D eigenvalue weighted by molar-refractivity contribution is 5.17. The first-order chi connectivity index (χ1) is 13.1. The van der Waals surface area contributed by atoms with E-state index in [1.807, 2.05) is 32.3 Å². The van der Waals surface area contributed by atoms with Crippen LogP contribution in [0.3, 0.4) is 0 Å². The maximum atomic E-state index is 14.0. The van der Waals surface area contributed by atoms with Gasteiger partial charge in [0.15, 0.2) is 5.82 Å². The van der Waals surface area contributed by atoms with Crippen molar-refractivity contribution in [2.24, 2.45) is 7.05 Å². The normalized spacial score (nSPS) is 18.1. The van der Waals surface area contributed by atoms with Crippen molar-refractivity contribution in [3.63, 3.8) is 0 Å². The summed E-state index contributed by atoms with van der Waals surface area (Å²) in [4.78, 5) is 6.58. The van der Waals surface area contributed by atoms with E-state index in [4.69, 9.17) is 0 Å². The number of hydrogen-bond donors (Lipinski definition) is 0. The summed E-state index contributed by atoms with van der Waals surface area (Å²) >= 11 is 0. The second-order valence-electron chi connectivity index (χ2n) is 7.30. The molecule has 0 spiro atoms. The van der Waals surface area contributed by atoms with Gasteiger partial charge in [-0.05, 0) is 32.4 Å². The summed E-state index contributed by atoms with van der Waals surface area (Å²) in [5.74, 6) is 3.10. The Morgan fingerprint density at radius 3 is 2.81 bits per heavy atom. The summed E-state index contributed by atoms with van der Waals surface area (Å²) in [7, 11) is 2.03. The minimum Gasteiger partial charge on any atom is -0.328 e. The van der Waals surface area contributed by atoms with E-state index in [0.717, 1.165) is 49.0 Å². The fourth-order valence-corrected chi connectivity index (χ4v) is 3.87. The second-order valence-corrected chi connectivity index (χ2v) is 7.30. The Bertz CT molecular complexity index is 915. The molecule has 0 unspecified atom stereocenters. The third kappa shape index (κ3) is 3.78. The number of rotatable bonds is 5. The molecule has 142 valence electrons. The first kappa shape index (κ1) is 17.9. The Morgan fingerprint density at radius 1 is 1.19 bits per heavy atom.